The highest BCUT2D eigenvalue weighted by atomic mass is 32.1. The third-order valence-electron chi connectivity index (χ3n) is 4.11. The van der Waals surface area contributed by atoms with Gasteiger partial charge in [0.1, 0.15) is 0 Å². The van der Waals surface area contributed by atoms with E-state index in [2.05, 4.69) is 16.2 Å². The molecule has 4 rings (SSSR count). The predicted octanol–water partition coefficient (Wildman–Crippen LogP) is 2.98. The van der Waals surface area contributed by atoms with Gasteiger partial charge in [0.2, 0.25) is 5.13 Å². The van der Waals surface area contributed by atoms with E-state index in [0.717, 1.165) is 40.3 Å². The number of fused-ring (bicyclic) bond motifs is 2. The molecule has 0 amide bonds. The average molecular weight is 273 g/mol. The number of anilines is 1. The molecule has 1 aliphatic heterocycles. The molecule has 0 saturated heterocycles. The minimum atomic E-state index is -0.931. The second kappa shape index (κ2) is 3.77. The zero-order valence-electron chi connectivity index (χ0n) is 10.7. The highest BCUT2D eigenvalue weighted by Crippen LogP contribution is 2.44. The third kappa shape index (κ3) is 1.55. The SMILES string of the molecule is C[C@@]1(O)[C@H]2CCCC2=NN1c1nc2ccccc2s1. The largest absolute Gasteiger partial charge is 0.369 e. The van der Waals surface area contributed by atoms with E-state index in [0.29, 0.717) is 0 Å². The number of thiazole rings is 1. The molecule has 19 heavy (non-hydrogen) atoms. The van der Waals surface area contributed by atoms with E-state index in [9.17, 15) is 5.11 Å². The van der Waals surface area contributed by atoms with Gasteiger partial charge in [-0.2, -0.15) is 5.10 Å². The first-order chi connectivity index (χ1) is 9.16. The summed E-state index contributed by atoms with van der Waals surface area (Å²) in [5, 5.41) is 17.9. The van der Waals surface area contributed by atoms with Gasteiger partial charge in [0, 0.05) is 11.6 Å². The number of hydrazone groups is 1. The van der Waals surface area contributed by atoms with Crippen LogP contribution in [-0.2, 0) is 0 Å². The van der Waals surface area contributed by atoms with E-state index in [1.807, 2.05) is 25.1 Å². The van der Waals surface area contributed by atoms with Crippen LogP contribution in [0.1, 0.15) is 26.2 Å². The monoisotopic (exact) mass is 273 g/mol. The molecule has 1 aromatic heterocycles. The van der Waals surface area contributed by atoms with Crippen LogP contribution >= 0.6 is 11.3 Å². The maximum Gasteiger partial charge on any atom is 0.209 e. The van der Waals surface area contributed by atoms with Gasteiger partial charge in [-0.05, 0) is 38.3 Å². The number of aliphatic hydroxyl groups is 1. The molecule has 1 aromatic carbocycles. The van der Waals surface area contributed by atoms with E-state index >= 15 is 0 Å². The zero-order valence-corrected chi connectivity index (χ0v) is 11.5. The summed E-state index contributed by atoms with van der Waals surface area (Å²) in [6.07, 6.45) is 3.16. The smallest absolute Gasteiger partial charge is 0.209 e. The number of rotatable bonds is 1. The van der Waals surface area contributed by atoms with Gasteiger partial charge in [-0.15, -0.1) is 0 Å². The molecule has 1 saturated carbocycles. The van der Waals surface area contributed by atoms with Crippen molar-refractivity contribution in [2.45, 2.75) is 31.9 Å². The zero-order chi connectivity index (χ0) is 13.0. The molecule has 1 N–H and O–H groups in total. The average Bonchev–Trinajstić information content (AvgIpc) is 3.05. The molecule has 1 aliphatic carbocycles. The molecule has 2 atom stereocenters. The Balaban J connectivity index is 1.81. The van der Waals surface area contributed by atoms with Crippen molar-refractivity contribution in [2.24, 2.45) is 11.0 Å². The number of nitrogens with zero attached hydrogens (tertiary/aromatic N) is 3. The molecular formula is C14H15N3OS. The quantitative estimate of drug-likeness (QED) is 0.869. The van der Waals surface area contributed by atoms with Crippen molar-refractivity contribution in [2.75, 3.05) is 5.01 Å². The molecule has 0 bridgehead atoms. The van der Waals surface area contributed by atoms with Gasteiger partial charge in [-0.25, -0.2) is 9.99 Å². The highest BCUT2D eigenvalue weighted by Gasteiger charge is 2.49. The van der Waals surface area contributed by atoms with Crippen molar-refractivity contribution in [3.63, 3.8) is 0 Å². The van der Waals surface area contributed by atoms with Crippen LogP contribution in [0.15, 0.2) is 29.4 Å². The molecule has 2 aromatic rings. The summed E-state index contributed by atoms with van der Waals surface area (Å²) >= 11 is 1.58. The fourth-order valence-electron chi connectivity index (χ4n) is 3.10. The van der Waals surface area contributed by atoms with Crippen molar-refractivity contribution in [1.82, 2.24) is 4.98 Å². The second-order valence-electron chi connectivity index (χ2n) is 5.41. The molecule has 2 heterocycles. The number of benzene rings is 1. The lowest BCUT2D eigenvalue weighted by Gasteiger charge is -2.31. The van der Waals surface area contributed by atoms with Crippen molar-refractivity contribution >= 4 is 32.4 Å². The summed E-state index contributed by atoms with van der Waals surface area (Å²) in [5.41, 5.74) is 1.17. The van der Waals surface area contributed by atoms with Crippen molar-refractivity contribution in [3.8, 4) is 0 Å². The van der Waals surface area contributed by atoms with Gasteiger partial charge in [0.05, 0.1) is 10.2 Å². The fraction of sp³-hybridized carbons (Fsp3) is 0.429. The highest BCUT2D eigenvalue weighted by molar-refractivity contribution is 7.22. The summed E-state index contributed by atoms with van der Waals surface area (Å²) in [7, 11) is 0. The first-order valence-electron chi connectivity index (χ1n) is 6.62. The minimum Gasteiger partial charge on any atom is -0.369 e. The molecule has 0 radical (unpaired) electrons. The van der Waals surface area contributed by atoms with E-state index in [1.165, 1.54) is 0 Å². The van der Waals surface area contributed by atoms with Crippen LogP contribution in [0.25, 0.3) is 10.2 Å². The molecule has 98 valence electrons. The topological polar surface area (TPSA) is 48.7 Å². The standard InChI is InChI=1S/C14H15N3OS/c1-14(18)9-5-4-7-10(9)16-17(14)13-15-11-6-2-3-8-12(11)19-13/h2-3,6,8-9,18H,4-5,7H2,1H3/t9-,14+/m0/s1. The summed E-state index contributed by atoms with van der Waals surface area (Å²) < 4.78 is 1.13. The van der Waals surface area contributed by atoms with Gasteiger partial charge in [0.15, 0.2) is 5.72 Å². The normalized spacial score (nSPS) is 29.9. The maximum absolute atomic E-state index is 10.8. The first kappa shape index (κ1) is 11.4. The lowest BCUT2D eigenvalue weighted by Crippen LogP contribution is -2.45. The summed E-state index contributed by atoms with van der Waals surface area (Å²) in [6, 6.07) is 8.03. The van der Waals surface area contributed by atoms with Crippen molar-refractivity contribution in [3.05, 3.63) is 24.3 Å². The van der Waals surface area contributed by atoms with Crippen LogP contribution in [0.3, 0.4) is 0 Å². The summed E-state index contributed by atoms with van der Waals surface area (Å²) in [4.78, 5) is 4.59. The Morgan fingerprint density at radius 1 is 1.42 bits per heavy atom. The van der Waals surface area contributed by atoms with Crippen LogP contribution in [-0.4, -0.2) is 21.5 Å². The Morgan fingerprint density at radius 3 is 3.05 bits per heavy atom. The lowest BCUT2D eigenvalue weighted by atomic mass is 9.96. The number of hydrogen-bond donors (Lipinski definition) is 1. The van der Waals surface area contributed by atoms with Crippen LogP contribution in [0.5, 0.6) is 0 Å². The Kier molecular flexibility index (Phi) is 2.26. The number of para-hydroxylation sites is 1. The van der Waals surface area contributed by atoms with Gasteiger partial charge in [0.25, 0.3) is 0 Å². The number of hydrogen-bond acceptors (Lipinski definition) is 5. The van der Waals surface area contributed by atoms with Gasteiger partial charge >= 0.3 is 0 Å². The van der Waals surface area contributed by atoms with E-state index in [1.54, 1.807) is 16.3 Å². The molecule has 1 fully saturated rings. The molecular weight excluding hydrogens is 258 g/mol. The fourth-order valence-corrected chi connectivity index (χ4v) is 4.12. The van der Waals surface area contributed by atoms with Gasteiger partial charge in [-0.1, -0.05) is 23.5 Å². The lowest BCUT2D eigenvalue weighted by molar-refractivity contribution is 0.0323. The summed E-state index contributed by atoms with van der Waals surface area (Å²) in [5.74, 6) is 0.166. The molecule has 2 aliphatic rings. The Hall–Kier alpha value is -1.46. The third-order valence-corrected chi connectivity index (χ3v) is 5.12. The van der Waals surface area contributed by atoms with E-state index in [-0.39, 0.29) is 5.92 Å². The van der Waals surface area contributed by atoms with Crippen LogP contribution in [0.4, 0.5) is 5.13 Å². The van der Waals surface area contributed by atoms with Crippen molar-refractivity contribution < 1.29 is 5.11 Å². The summed E-state index contributed by atoms with van der Waals surface area (Å²) in [6.45, 7) is 1.85. The molecule has 0 unspecified atom stereocenters. The van der Waals surface area contributed by atoms with Crippen molar-refractivity contribution in [1.29, 1.82) is 0 Å². The van der Waals surface area contributed by atoms with Crippen LogP contribution in [0, 0.1) is 5.92 Å². The maximum atomic E-state index is 10.8. The predicted molar refractivity (Wildman–Crippen MR) is 77.5 cm³/mol. The van der Waals surface area contributed by atoms with Gasteiger partial charge < -0.3 is 5.11 Å². The Morgan fingerprint density at radius 2 is 2.26 bits per heavy atom. The van der Waals surface area contributed by atoms with E-state index in [4.69, 9.17) is 0 Å². The molecule has 5 heteroatoms. The first-order valence-corrected chi connectivity index (χ1v) is 7.43. The van der Waals surface area contributed by atoms with Crippen LogP contribution < -0.4 is 5.01 Å². The Bertz CT molecular complexity index is 643. The minimum absolute atomic E-state index is 0.166. The van der Waals surface area contributed by atoms with Gasteiger partial charge in [-0.3, -0.25) is 0 Å². The molecule has 0 spiro atoms. The number of aromatic nitrogens is 1. The van der Waals surface area contributed by atoms with E-state index < -0.39 is 5.72 Å². The molecule has 4 nitrogen and oxygen atoms in total. The second-order valence-corrected chi connectivity index (χ2v) is 6.42. The Labute approximate surface area is 115 Å². The van der Waals surface area contributed by atoms with Crippen LogP contribution in [0.2, 0.25) is 0 Å².